The van der Waals surface area contributed by atoms with E-state index in [1.165, 1.54) is 59.2 Å². The van der Waals surface area contributed by atoms with Crippen molar-refractivity contribution in [1.82, 2.24) is 14.1 Å². The van der Waals surface area contributed by atoms with E-state index in [9.17, 15) is 24.7 Å². The molecule has 5 nitrogen and oxygen atoms in total. The number of para-hydroxylation sites is 3. The average Bonchev–Trinajstić information content (AvgIpc) is 1.49. The number of nitrogens with zero attached hydrogens (tertiary/aromatic N) is 4. The Hall–Kier alpha value is -10.4. The molecular weight excluding hydrogens is 1030 g/mol. The van der Waals surface area contributed by atoms with Gasteiger partial charge >= 0.3 is 0 Å². The number of benzene rings is 11. The molecule has 0 amide bonds. The summed E-state index contributed by atoms with van der Waals surface area (Å²) in [6, 6.07) is -0.804. The number of hydrogen-bond acceptors (Lipinski definition) is 2. The maximum Gasteiger partial charge on any atom is 0.269 e. The van der Waals surface area contributed by atoms with Gasteiger partial charge in [0.1, 0.15) is 17.3 Å². The average molecular weight is 1140 g/mol. The van der Waals surface area contributed by atoms with Crippen LogP contribution in [0.2, 0.25) is 0 Å². The van der Waals surface area contributed by atoms with Crippen LogP contribution < -0.4 is 9.30 Å². The molecule has 0 radical (unpaired) electrons. The van der Waals surface area contributed by atoms with E-state index in [4.69, 9.17) is 36.3 Å². The monoisotopic (exact) mass is 1140 g/mol. The largest absolute Gasteiger partial charge is 0.458 e. The van der Waals surface area contributed by atoms with Crippen LogP contribution in [0.15, 0.2) is 272 Å². The van der Waals surface area contributed by atoms with Crippen LogP contribution in [0.25, 0.3) is 117 Å². The predicted molar refractivity (Wildman–Crippen MR) is 350 cm³/mol. The van der Waals surface area contributed by atoms with Crippen molar-refractivity contribution in [2.45, 2.75) is 51.5 Å². The van der Waals surface area contributed by atoms with Gasteiger partial charge in [-0.25, -0.2) is 4.98 Å². The van der Waals surface area contributed by atoms with Crippen LogP contribution in [0.1, 0.15) is 107 Å². The van der Waals surface area contributed by atoms with E-state index in [1.807, 2.05) is 0 Å². The van der Waals surface area contributed by atoms with E-state index in [0.717, 1.165) is 22.9 Å². The molecule has 3 heterocycles. The Balaban J connectivity index is 1.08. The smallest absolute Gasteiger partial charge is 0.269 e. The van der Waals surface area contributed by atoms with Crippen LogP contribution in [-0.4, -0.2) is 14.1 Å². The number of imidazole rings is 1. The van der Waals surface area contributed by atoms with Crippen molar-refractivity contribution in [3.05, 3.63) is 296 Å². The number of aryl methyl sites for hydroxylation is 1. The Kier molecular flexibility index (Phi) is 5.81. The topological polar surface area (TPSA) is 35.9 Å². The van der Waals surface area contributed by atoms with Gasteiger partial charge in [-0.15, -0.1) is 0 Å². The fraction of sp³-hybridized carbons (Fsp3) is 0.100. The van der Waals surface area contributed by atoms with Crippen molar-refractivity contribution in [2.75, 3.05) is 0 Å². The molecule has 408 valence electrons. The Bertz CT molecular complexity index is 6870. The van der Waals surface area contributed by atoms with Crippen molar-refractivity contribution in [1.29, 1.82) is 0 Å². The highest BCUT2D eigenvalue weighted by atomic mass is 16.5. The third kappa shape index (κ3) is 9.20. The second kappa shape index (κ2) is 20.5. The maximum absolute atomic E-state index is 10.6. The molecule has 5 heteroatoms. The second-order valence-electron chi connectivity index (χ2n) is 19.9. The summed E-state index contributed by atoms with van der Waals surface area (Å²) in [6.45, 7) is -19.3. The number of hydrogen-bond donors (Lipinski definition) is 0. The molecule has 15 rings (SSSR count). The number of aromatic nitrogens is 4. The number of ether oxygens (including phenoxy) is 1. The summed E-state index contributed by atoms with van der Waals surface area (Å²) >= 11 is 0. The minimum atomic E-state index is -4.11. The summed E-state index contributed by atoms with van der Waals surface area (Å²) in [5, 5.41) is 1.22. The standard InChI is InChI=1S/C80H62N4O/c1-53-41-77(81-50-70(53)57-29-16-9-17-30-57)84-73-34-19-18-33-66(73)67-39-38-65(49-76(67)84)85-64-32-22-31-63(48-64)82-52-83(75-36-21-20-35-74(75)82)78-68(58-37-40-71-72(47-58)80(4,5)51-79(71,2)3)45-61(56-27-14-8-15-28-56)46-69(78)62-43-59(54-23-10-6-11-24-54)42-60(44-62)55-25-12-7-13-26-55/h6-50H,51H2,1-5H3/i1D3,2D3,3D3,4D3,5D3,6D,7D,8D,9D,10D,11D,12D,13D,14D,15D,16D,17D,23D,24D,25D,26D,27D,28D,29D,30D,37D,40D,42D,43D,44D,47D. The lowest BCUT2D eigenvalue weighted by Crippen LogP contribution is -2.31. The fourth-order valence-corrected chi connectivity index (χ4v) is 10.8. The quantitative estimate of drug-likeness (QED) is 0.0956. The highest BCUT2D eigenvalue weighted by Crippen LogP contribution is 2.51. The zero-order valence-corrected chi connectivity index (χ0v) is 43.9. The summed E-state index contributed by atoms with van der Waals surface area (Å²) in [5.41, 5.74) is -20.8. The van der Waals surface area contributed by atoms with Crippen molar-refractivity contribution < 1.29 is 65.5 Å². The first-order valence-electron chi connectivity index (χ1n) is 46.6. The number of rotatable bonds is 11. The van der Waals surface area contributed by atoms with Crippen molar-refractivity contribution in [3.63, 3.8) is 0 Å². The van der Waals surface area contributed by atoms with Crippen LogP contribution in [0, 0.1) is 13.2 Å². The summed E-state index contributed by atoms with van der Waals surface area (Å²) in [4.78, 5) is 4.66. The molecule has 0 fully saturated rings. The molecule has 85 heavy (non-hydrogen) atoms. The molecule has 0 saturated carbocycles. The molecule has 14 aromatic rings. The first-order valence-corrected chi connectivity index (χ1v) is 26.1. The summed E-state index contributed by atoms with van der Waals surface area (Å²) in [5.74, 6) is 0.152. The Morgan fingerprint density at radius 2 is 1.08 bits per heavy atom. The van der Waals surface area contributed by atoms with Crippen molar-refractivity contribution in [2.24, 2.45) is 0 Å². The normalized spacial score (nSPS) is 21.0. The first-order chi connectivity index (χ1) is 58.5. The van der Waals surface area contributed by atoms with Crippen LogP contribution in [0.4, 0.5) is 0 Å². The van der Waals surface area contributed by atoms with E-state index in [0.29, 0.717) is 21.8 Å². The lowest BCUT2D eigenvalue weighted by molar-refractivity contribution is -0.571. The van der Waals surface area contributed by atoms with Gasteiger partial charge in [-0.1, -0.05) is 215 Å². The van der Waals surface area contributed by atoms with Gasteiger partial charge in [0.05, 0.1) is 69.1 Å². The number of fused-ring (bicyclic) bond motifs is 5. The lowest BCUT2D eigenvalue weighted by atomic mass is 9.82. The van der Waals surface area contributed by atoms with Crippen LogP contribution in [-0.2, 0) is 10.8 Å². The molecule has 1 aliphatic carbocycles. The second-order valence-corrected chi connectivity index (χ2v) is 19.9. The Labute approximate surface area is 554 Å². The minimum absolute atomic E-state index is 0.00811. The SMILES string of the molecule is [2H]c1c([2H])c([2H])c(-c2cc(-c3c([2H])c(-c4c([2H])c([2H])c([2H])c([2H])c4[2H])c([2H])c(-c4c([2H])c([2H])c([2H])c([2H])c4[2H])c3[2H])c(-[n+]3[c-]n(-c4cccc(Oc5ccc6c7ccccc7n(-c7cc(C([2H])([2H])[2H])c(-c8c([2H])c([2H])c([2H])c([2H])c8[2H])cn7)c6c5)c4)c4ccccc43)c(-c3c([2H])c([2H])c4c(c3[2H])C(C([2H])([2H])[2H])(C([2H])([2H])[2H])CC4(C([2H])([2H])[2H])C([2H])([2H])[2H])c2)c([2H])c1[2H]. The van der Waals surface area contributed by atoms with Gasteiger partial charge in [-0.3, -0.25) is 13.7 Å². The van der Waals surface area contributed by atoms with Gasteiger partial charge in [0.15, 0.2) is 0 Å². The summed E-state index contributed by atoms with van der Waals surface area (Å²) in [6.07, 6.45) is 2.40. The van der Waals surface area contributed by atoms with Crippen LogP contribution >= 0.6 is 0 Å². The van der Waals surface area contributed by atoms with Gasteiger partial charge in [0.25, 0.3) is 6.33 Å². The summed E-state index contributed by atoms with van der Waals surface area (Å²) < 4.78 is 387. The molecule has 0 N–H and O–H groups in total. The summed E-state index contributed by atoms with van der Waals surface area (Å²) in [7, 11) is 0. The first kappa shape index (κ1) is 24.1. The molecule has 11 aromatic carbocycles. The minimum Gasteiger partial charge on any atom is -0.458 e. The number of pyridine rings is 1. The highest BCUT2D eigenvalue weighted by molar-refractivity contribution is 6.09. The van der Waals surface area contributed by atoms with Gasteiger partial charge in [-0.2, -0.15) is 0 Å². The van der Waals surface area contributed by atoms with E-state index < -0.39 is 292 Å². The highest BCUT2D eigenvalue weighted by Gasteiger charge is 2.42. The molecule has 0 saturated heterocycles. The zero-order valence-electron chi connectivity index (χ0n) is 84.9. The molecule has 3 aromatic heterocycles. The lowest BCUT2D eigenvalue weighted by Gasteiger charge is -2.23. The van der Waals surface area contributed by atoms with E-state index in [1.54, 1.807) is 47.0 Å². The third-order valence-electron chi connectivity index (χ3n) is 14.5. The fourth-order valence-electron chi connectivity index (χ4n) is 10.8. The molecule has 0 spiro atoms. The van der Waals surface area contributed by atoms with E-state index >= 15 is 0 Å². The third-order valence-corrected chi connectivity index (χ3v) is 14.5. The van der Waals surface area contributed by atoms with Gasteiger partial charge in [0, 0.05) is 49.2 Å². The van der Waals surface area contributed by atoms with Crippen LogP contribution in [0.3, 0.4) is 0 Å². The van der Waals surface area contributed by atoms with Gasteiger partial charge < -0.3 is 4.74 Å². The van der Waals surface area contributed by atoms with Crippen molar-refractivity contribution in [3.8, 4) is 95.5 Å². The zero-order chi connectivity index (χ0) is 92.5. The molecule has 1 aliphatic rings. The molecule has 0 aliphatic heterocycles. The Morgan fingerprint density at radius 3 is 1.78 bits per heavy atom. The maximum atomic E-state index is 10.6. The van der Waals surface area contributed by atoms with Crippen molar-refractivity contribution >= 4 is 32.8 Å². The molecular formula is C80H62N4O. The Morgan fingerprint density at radius 1 is 0.482 bits per heavy atom. The van der Waals surface area contributed by atoms with Crippen LogP contribution in [0.5, 0.6) is 11.5 Å². The predicted octanol–water partition coefficient (Wildman–Crippen LogP) is 20.3. The van der Waals surface area contributed by atoms with Gasteiger partial charge in [0.2, 0.25) is 0 Å². The molecule has 0 bridgehead atoms. The van der Waals surface area contributed by atoms with Gasteiger partial charge in [-0.05, 0) is 175 Å². The molecule has 0 unspecified atom stereocenters. The van der Waals surface area contributed by atoms with E-state index in [2.05, 4.69) is 11.3 Å². The molecule has 0 atom stereocenters. The van der Waals surface area contributed by atoms with E-state index in [-0.39, 0.29) is 39.6 Å².